The molecule has 0 saturated carbocycles. The van der Waals surface area contributed by atoms with E-state index in [2.05, 4.69) is 56.3 Å². The molecule has 0 nitrogen and oxygen atoms in total. The smallest absolute Gasteiger partial charge is 0.0969 e. The Hall–Kier alpha value is 3.24. The van der Waals surface area contributed by atoms with Crippen LogP contribution in [0.15, 0.2) is 0 Å². The Morgan fingerprint density at radius 3 is 0.333 bits per heavy atom. The highest BCUT2D eigenvalue weighted by Crippen LogP contribution is 1.64. The molecule has 0 aromatic heterocycles. The Morgan fingerprint density at radius 2 is 0.333 bits per heavy atom. The van der Waals surface area contributed by atoms with Crippen molar-refractivity contribution in [2.75, 3.05) is 56.3 Å². The quantitative estimate of drug-likeness (QED) is 0.189. The number of hydrogen-bond acceptors (Lipinski definition) is 0. The molecule has 102 valence electrons. The van der Waals surface area contributed by atoms with Crippen LogP contribution in [0.2, 0.25) is 0 Å². The first kappa shape index (κ1) is 36.2. The van der Waals surface area contributed by atoms with Crippen molar-refractivity contribution in [3.05, 3.63) is 0 Å². The van der Waals surface area contributed by atoms with Crippen molar-refractivity contribution >= 4 is 32.7 Å². The van der Waals surface area contributed by atoms with Crippen molar-refractivity contribution in [3.8, 4) is 0 Å². The van der Waals surface area contributed by atoms with Gasteiger partial charge in [-0.2, -0.15) is 0 Å². The molecule has 0 bridgehead atoms. The van der Waals surface area contributed by atoms with Crippen LogP contribution < -0.4 is 71.9 Å². The van der Waals surface area contributed by atoms with E-state index in [4.69, 9.17) is 0 Å². The summed E-state index contributed by atoms with van der Waals surface area (Å²) < 4.78 is 0. The molecule has 0 amide bonds. The maximum atomic E-state index is 2.19. The van der Waals surface area contributed by atoms with E-state index < -0.39 is 0 Å². The SMILES string of the molecule is C[S+](C)C.C[S+](C)C.C[S+](C)C.[I-].[I-].[I-]. The Labute approximate surface area is 158 Å². The third-order valence-electron chi connectivity index (χ3n) is 0. The molecule has 15 heavy (non-hydrogen) atoms. The maximum Gasteiger partial charge on any atom is 0.0969 e. The highest BCUT2D eigenvalue weighted by molar-refractivity contribution is 7.95. The Bertz CT molecular complexity index is 49.1. The largest absolute Gasteiger partial charge is 1.00 e. The highest BCUT2D eigenvalue weighted by atomic mass is 127. The lowest BCUT2D eigenvalue weighted by Gasteiger charge is -1.69. The molecule has 0 aliphatic rings. The zero-order valence-corrected chi connectivity index (χ0v) is 20.3. The van der Waals surface area contributed by atoms with Gasteiger partial charge in [-0.3, -0.25) is 0 Å². The van der Waals surface area contributed by atoms with Gasteiger partial charge in [-0.15, -0.1) is 0 Å². The van der Waals surface area contributed by atoms with Crippen LogP contribution in [0, 0.1) is 0 Å². The zero-order chi connectivity index (χ0) is 10.7. The molecule has 0 aromatic carbocycles. The second kappa shape index (κ2) is 30.3. The van der Waals surface area contributed by atoms with E-state index in [0.29, 0.717) is 32.7 Å². The molecule has 0 atom stereocenters. The van der Waals surface area contributed by atoms with E-state index in [1.165, 1.54) is 0 Å². The molecule has 6 heteroatoms. The molecule has 0 spiro atoms. The molecule has 0 N–H and O–H groups in total. The molecular weight excluding hydrogens is 585 g/mol. The molecule has 0 fully saturated rings. The van der Waals surface area contributed by atoms with Gasteiger partial charge >= 0.3 is 0 Å². The van der Waals surface area contributed by atoms with Gasteiger partial charge in [0.15, 0.2) is 0 Å². The van der Waals surface area contributed by atoms with Crippen LogP contribution in [0.3, 0.4) is 0 Å². The summed E-state index contributed by atoms with van der Waals surface area (Å²) in [5.41, 5.74) is 0. The molecule has 0 unspecified atom stereocenters. The molecule has 0 aliphatic heterocycles. The number of halogens is 3. The van der Waals surface area contributed by atoms with E-state index >= 15 is 0 Å². The van der Waals surface area contributed by atoms with Crippen LogP contribution in [0.25, 0.3) is 0 Å². The van der Waals surface area contributed by atoms with Crippen LogP contribution >= 0.6 is 0 Å². The van der Waals surface area contributed by atoms with Gasteiger partial charge < -0.3 is 71.9 Å². The normalized spacial score (nSPS) is 7.20. The maximum absolute atomic E-state index is 2.19. The molecule has 0 saturated heterocycles. The van der Waals surface area contributed by atoms with Crippen LogP contribution in [0.1, 0.15) is 0 Å². The van der Waals surface area contributed by atoms with Crippen LogP contribution in [-0.2, 0) is 32.7 Å². The summed E-state index contributed by atoms with van der Waals surface area (Å²) in [7, 11) is 1.92. The average Bonchev–Trinajstić information content (AvgIpc) is 1.54. The fraction of sp³-hybridized carbons (Fsp3) is 1.00. The van der Waals surface area contributed by atoms with Gasteiger partial charge in [0.2, 0.25) is 0 Å². The molecule has 0 rings (SSSR count). The molecule has 0 aliphatic carbocycles. The predicted octanol–water partition coefficient (Wildman–Crippen LogP) is -7.51. The first-order valence-electron chi connectivity index (χ1n) is 3.67. The summed E-state index contributed by atoms with van der Waals surface area (Å²) in [6.45, 7) is 0. The summed E-state index contributed by atoms with van der Waals surface area (Å²) in [5.74, 6) is 0. The minimum atomic E-state index is 0. The lowest BCUT2D eigenvalue weighted by molar-refractivity contribution is -0.00100. The monoisotopic (exact) mass is 612 g/mol. The van der Waals surface area contributed by atoms with Gasteiger partial charge in [0.25, 0.3) is 0 Å². The lowest BCUT2D eigenvalue weighted by atomic mass is 11.9. The van der Waals surface area contributed by atoms with Crippen molar-refractivity contribution < 1.29 is 71.9 Å². The van der Waals surface area contributed by atoms with Crippen molar-refractivity contribution in [1.82, 2.24) is 0 Å². The summed E-state index contributed by atoms with van der Waals surface area (Å²) in [6, 6.07) is 0. The van der Waals surface area contributed by atoms with Gasteiger partial charge in [-0.25, -0.2) is 0 Å². The fourth-order valence-corrected chi connectivity index (χ4v) is 0. The van der Waals surface area contributed by atoms with Gasteiger partial charge in [0.05, 0.1) is 56.3 Å². The number of rotatable bonds is 0. The van der Waals surface area contributed by atoms with Crippen LogP contribution in [0.4, 0.5) is 0 Å². The fourth-order valence-electron chi connectivity index (χ4n) is 0. The average molecular weight is 612 g/mol. The third kappa shape index (κ3) is 381. The van der Waals surface area contributed by atoms with Gasteiger partial charge in [-0.1, -0.05) is 0 Å². The molecule has 0 aromatic rings. The van der Waals surface area contributed by atoms with Gasteiger partial charge in [0.1, 0.15) is 0 Å². The van der Waals surface area contributed by atoms with E-state index in [9.17, 15) is 0 Å². The van der Waals surface area contributed by atoms with Crippen molar-refractivity contribution in [1.29, 1.82) is 0 Å². The van der Waals surface area contributed by atoms with E-state index in [1.54, 1.807) is 0 Å². The number of hydrogen-bond donors (Lipinski definition) is 0. The Kier molecular flexibility index (Phi) is 73.2. The second-order valence-electron chi connectivity index (χ2n) is 3.67. The summed E-state index contributed by atoms with van der Waals surface area (Å²) in [6.07, 6.45) is 19.8. The zero-order valence-electron chi connectivity index (χ0n) is 11.4. The Morgan fingerprint density at radius 1 is 0.333 bits per heavy atom. The second-order valence-corrected chi connectivity index (χ2v) is 11.0. The minimum Gasteiger partial charge on any atom is -1.00 e. The summed E-state index contributed by atoms with van der Waals surface area (Å²) >= 11 is 0. The summed E-state index contributed by atoms with van der Waals surface area (Å²) in [4.78, 5) is 0. The van der Waals surface area contributed by atoms with Crippen LogP contribution in [0.5, 0.6) is 0 Å². The standard InChI is InChI=1S/3C3H9S.3HI/c3*1-4(2)3;;;/h3*1-3H3;3*1H/q3*+1;;;/p-3. The van der Waals surface area contributed by atoms with E-state index in [-0.39, 0.29) is 71.9 Å². The predicted molar refractivity (Wildman–Crippen MR) is 75.4 cm³/mol. The van der Waals surface area contributed by atoms with Crippen molar-refractivity contribution in [2.24, 2.45) is 0 Å². The molecule has 0 heterocycles. The Balaban J connectivity index is -0.0000000184. The van der Waals surface area contributed by atoms with E-state index in [1.807, 2.05) is 0 Å². The van der Waals surface area contributed by atoms with Crippen molar-refractivity contribution in [3.63, 3.8) is 0 Å². The topological polar surface area (TPSA) is 0 Å². The van der Waals surface area contributed by atoms with Gasteiger partial charge in [-0.05, 0) is 32.7 Å². The molecular formula is C9H27I3S3. The van der Waals surface area contributed by atoms with Gasteiger partial charge in [0, 0.05) is 0 Å². The van der Waals surface area contributed by atoms with Crippen molar-refractivity contribution in [2.45, 2.75) is 0 Å². The highest BCUT2D eigenvalue weighted by Gasteiger charge is 1.78. The van der Waals surface area contributed by atoms with E-state index in [0.717, 1.165) is 0 Å². The first-order valence-corrected chi connectivity index (χ1v) is 11.0. The van der Waals surface area contributed by atoms with Crippen LogP contribution in [-0.4, -0.2) is 56.3 Å². The first-order chi connectivity index (χ1) is 5.20. The third-order valence-corrected chi connectivity index (χ3v) is 0. The summed E-state index contributed by atoms with van der Waals surface area (Å²) in [5, 5.41) is 0. The lowest BCUT2D eigenvalue weighted by Crippen LogP contribution is -3.00. The molecule has 0 radical (unpaired) electrons. The minimum absolute atomic E-state index is 0.